The number of anilines is 2. The van der Waals surface area contributed by atoms with Crippen molar-refractivity contribution < 1.29 is 23.9 Å². The van der Waals surface area contributed by atoms with Crippen LogP contribution in [-0.4, -0.2) is 67.3 Å². The summed E-state index contributed by atoms with van der Waals surface area (Å²) in [5.41, 5.74) is 9.90. The molecule has 44 heavy (non-hydrogen) atoms. The Labute approximate surface area is 260 Å². The van der Waals surface area contributed by atoms with Crippen LogP contribution < -0.4 is 16.4 Å². The molecule has 0 aliphatic carbocycles. The van der Waals surface area contributed by atoms with E-state index >= 15 is 0 Å². The van der Waals surface area contributed by atoms with Crippen LogP contribution in [0.3, 0.4) is 0 Å². The van der Waals surface area contributed by atoms with Gasteiger partial charge in [0.25, 0.3) is 5.91 Å². The number of carbonyl (C=O) groups is 4. The number of thiophene rings is 1. The van der Waals surface area contributed by atoms with E-state index in [-0.39, 0.29) is 31.4 Å². The monoisotopic (exact) mass is 613 g/mol. The minimum atomic E-state index is -1.02. The van der Waals surface area contributed by atoms with Crippen molar-refractivity contribution in [2.45, 2.75) is 19.1 Å². The van der Waals surface area contributed by atoms with Crippen LogP contribution >= 0.6 is 11.3 Å². The third kappa shape index (κ3) is 8.68. The lowest BCUT2D eigenvalue weighted by Gasteiger charge is -2.25. The van der Waals surface area contributed by atoms with Crippen LogP contribution in [0.15, 0.2) is 90.3 Å². The van der Waals surface area contributed by atoms with E-state index in [9.17, 15) is 19.2 Å². The first-order chi connectivity index (χ1) is 21.1. The van der Waals surface area contributed by atoms with Gasteiger partial charge >= 0.3 is 6.09 Å². The van der Waals surface area contributed by atoms with Gasteiger partial charge in [0.2, 0.25) is 11.8 Å². The van der Waals surface area contributed by atoms with Crippen LogP contribution in [-0.2, 0) is 27.4 Å². The van der Waals surface area contributed by atoms with Gasteiger partial charge in [-0.2, -0.15) is 0 Å². The van der Waals surface area contributed by atoms with Crippen LogP contribution in [0.2, 0.25) is 0 Å². The standard InChI is InChI=1S/C33H35N5O5S/c1-37(2)30(39)20-38(3)32(41)28(36-33(42)43-21-23-8-5-4-6-9-23)18-22-11-13-24(14-12-22)31(40)35-27-19-25(15-16-26(27)34)29-10-7-17-44-29/h4-17,19,28H,18,20-21,34H2,1-3H3,(H,35,40)(H,36,42)/t28-/m0/s1. The molecule has 0 spiro atoms. The minimum absolute atomic E-state index is 0.0348. The van der Waals surface area contributed by atoms with E-state index in [2.05, 4.69) is 10.6 Å². The molecule has 0 aliphatic rings. The summed E-state index contributed by atoms with van der Waals surface area (Å²) in [7, 11) is 4.70. The number of amides is 4. The van der Waals surface area contributed by atoms with Crippen LogP contribution in [0.1, 0.15) is 21.5 Å². The molecular formula is C33H35N5O5S. The Hall–Kier alpha value is -5.16. The molecule has 0 fully saturated rings. The van der Waals surface area contributed by atoms with Crippen LogP contribution in [0.4, 0.5) is 16.2 Å². The van der Waals surface area contributed by atoms with Gasteiger partial charge in [-0.3, -0.25) is 14.4 Å². The topological polar surface area (TPSA) is 134 Å². The normalized spacial score (nSPS) is 11.2. The van der Waals surface area contributed by atoms with Crippen LogP contribution in [0.25, 0.3) is 10.4 Å². The zero-order chi connectivity index (χ0) is 31.6. The first kappa shape index (κ1) is 31.8. The van der Waals surface area contributed by atoms with Crippen molar-refractivity contribution >= 4 is 46.5 Å². The smallest absolute Gasteiger partial charge is 0.408 e. The third-order valence-corrected chi connectivity index (χ3v) is 7.73. The number of nitrogen functional groups attached to an aromatic ring is 1. The van der Waals surface area contributed by atoms with E-state index in [0.717, 1.165) is 16.0 Å². The molecule has 4 amide bonds. The van der Waals surface area contributed by atoms with Gasteiger partial charge in [0, 0.05) is 38.0 Å². The number of nitrogens with zero attached hydrogens (tertiary/aromatic N) is 2. The Balaban J connectivity index is 1.45. The third-order valence-electron chi connectivity index (χ3n) is 6.81. The predicted octanol–water partition coefficient (Wildman–Crippen LogP) is 4.63. The van der Waals surface area contributed by atoms with E-state index < -0.39 is 18.0 Å². The van der Waals surface area contributed by atoms with Crippen molar-refractivity contribution in [3.8, 4) is 10.4 Å². The fourth-order valence-corrected chi connectivity index (χ4v) is 5.00. The molecule has 0 radical (unpaired) electrons. The second-order valence-corrected chi connectivity index (χ2v) is 11.3. The molecule has 10 nitrogen and oxygen atoms in total. The van der Waals surface area contributed by atoms with Gasteiger partial charge in [-0.1, -0.05) is 54.6 Å². The first-order valence-electron chi connectivity index (χ1n) is 13.9. The van der Waals surface area contributed by atoms with E-state index in [1.165, 1.54) is 16.8 Å². The number of ether oxygens (including phenoxy) is 1. The lowest BCUT2D eigenvalue weighted by atomic mass is 10.0. The van der Waals surface area contributed by atoms with E-state index in [1.807, 2.05) is 60.0 Å². The predicted molar refractivity (Wildman–Crippen MR) is 172 cm³/mol. The molecule has 4 rings (SSSR count). The Kier molecular flexibility index (Phi) is 10.7. The van der Waals surface area contributed by atoms with E-state index in [1.54, 1.807) is 55.8 Å². The van der Waals surface area contributed by atoms with Crippen molar-refractivity contribution in [2.24, 2.45) is 0 Å². The van der Waals surface area contributed by atoms with Gasteiger partial charge in [-0.05, 0) is 52.4 Å². The van der Waals surface area contributed by atoms with Crippen molar-refractivity contribution in [1.82, 2.24) is 15.1 Å². The molecular weight excluding hydrogens is 578 g/mol. The molecule has 1 atom stereocenters. The van der Waals surface area contributed by atoms with Gasteiger partial charge in [0.1, 0.15) is 12.6 Å². The zero-order valence-electron chi connectivity index (χ0n) is 24.8. The summed E-state index contributed by atoms with van der Waals surface area (Å²) in [6.45, 7) is -0.119. The summed E-state index contributed by atoms with van der Waals surface area (Å²) < 4.78 is 5.34. The second kappa shape index (κ2) is 14.8. The number of benzene rings is 3. The highest BCUT2D eigenvalue weighted by atomic mass is 32.1. The molecule has 0 bridgehead atoms. The summed E-state index contributed by atoms with van der Waals surface area (Å²) in [6, 6.07) is 24.3. The molecule has 1 aromatic heterocycles. The molecule has 228 valence electrons. The molecule has 0 saturated carbocycles. The van der Waals surface area contributed by atoms with Gasteiger partial charge in [-0.25, -0.2) is 4.79 Å². The number of nitrogens with one attached hydrogen (secondary N) is 2. The van der Waals surface area contributed by atoms with Crippen LogP contribution in [0, 0.1) is 0 Å². The summed E-state index contributed by atoms with van der Waals surface area (Å²) >= 11 is 1.59. The fourth-order valence-electron chi connectivity index (χ4n) is 4.28. The van der Waals surface area contributed by atoms with Gasteiger partial charge in [0.15, 0.2) is 0 Å². The Morgan fingerprint density at radius 3 is 2.27 bits per heavy atom. The summed E-state index contributed by atoms with van der Waals surface area (Å²) in [4.78, 5) is 55.0. The number of hydrogen-bond donors (Lipinski definition) is 3. The summed E-state index contributed by atoms with van der Waals surface area (Å²) in [5, 5.41) is 7.50. The fraction of sp³-hybridized carbons (Fsp3) is 0.212. The minimum Gasteiger partial charge on any atom is -0.445 e. The van der Waals surface area contributed by atoms with Crippen molar-refractivity contribution in [1.29, 1.82) is 0 Å². The SMILES string of the molecule is CN(C)C(=O)CN(C)C(=O)[C@H](Cc1ccc(C(=O)Nc2cc(-c3cccs3)ccc2N)cc1)NC(=O)OCc1ccccc1. The Morgan fingerprint density at radius 2 is 1.61 bits per heavy atom. The highest BCUT2D eigenvalue weighted by Gasteiger charge is 2.27. The van der Waals surface area contributed by atoms with Gasteiger partial charge in [0.05, 0.1) is 17.9 Å². The number of hydrogen-bond acceptors (Lipinski definition) is 7. The maximum absolute atomic E-state index is 13.3. The second-order valence-electron chi connectivity index (χ2n) is 10.4. The van der Waals surface area contributed by atoms with Crippen molar-refractivity contribution in [2.75, 3.05) is 38.7 Å². The molecule has 3 aromatic carbocycles. The molecule has 11 heteroatoms. The van der Waals surface area contributed by atoms with E-state index in [4.69, 9.17) is 10.5 Å². The maximum atomic E-state index is 13.3. The zero-order valence-corrected chi connectivity index (χ0v) is 25.6. The average molecular weight is 614 g/mol. The lowest BCUT2D eigenvalue weighted by molar-refractivity contribution is -0.139. The average Bonchev–Trinajstić information content (AvgIpc) is 3.56. The molecule has 0 saturated heterocycles. The Bertz CT molecular complexity index is 1590. The molecule has 0 aliphatic heterocycles. The van der Waals surface area contributed by atoms with Crippen LogP contribution in [0.5, 0.6) is 0 Å². The molecule has 4 N–H and O–H groups in total. The summed E-state index contributed by atoms with van der Waals surface area (Å²) in [6.07, 6.45) is -0.657. The lowest BCUT2D eigenvalue weighted by Crippen LogP contribution is -2.50. The van der Waals surface area contributed by atoms with Gasteiger partial charge < -0.3 is 30.9 Å². The highest BCUT2D eigenvalue weighted by Crippen LogP contribution is 2.30. The number of carbonyl (C=O) groups excluding carboxylic acids is 4. The molecule has 1 heterocycles. The molecule has 0 unspecified atom stereocenters. The number of nitrogens with two attached hydrogens (primary N) is 1. The van der Waals surface area contributed by atoms with Crippen molar-refractivity contribution in [3.63, 3.8) is 0 Å². The van der Waals surface area contributed by atoms with Crippen molar-refractivity contribution in [3.05, 3.63) is 107 Å². The van der Waals surface area contributed by atoms with Gasteiger partial charge in [-0.15, -0.1) is 11.3 Å². The maximum Gasteiger partial charge on any atom is 0.408 e. The highest BCUT2D eigenvalue weighted by molar-refractivity contribution is 7.13. The summed E-state index contributed by atoms with van der Waals surface area (Å²) in [5.74, 6) is -1.06. The largest absolute Gasteiger partial charge is 0.445 e. The molecule has 4 aromatic rings. The number of alkyl carbamates (subject to hydrolysis) is 1. The first-order valence-corrected chi connectivity index (χ1v) is 14.7. The quantitative estimate of drug-likeness (QED) is 0.211. The number of likely N-dealkylation sites (N-methyl/N-ethyl adjacent to an activating group) is 2. The number of rotatable bonds is 11. The Morgan fingerprint density at radius 1 is 0.886 bits per heavy atom. The van der Waals surface area contributed by atoms with E-state index in [0.29, 0.717) is 22.5 Å².